The molecule has 0 amide bonds. The molecule has 0 aliphatic rings. The van der Waals surface area contributed by atoms with Crippen molar-refractivity contribution >= 4 is 11.2 Å². The number of hydrogen-bond donors (Lipinski definition) is 1. The molecule has 24 heavy (non-hydrogen) atoms. The molecule has 0 bridgehead atoms. The van der Waals surface area contributed by atoms with Crippen molar-refractivity contribution < 1.29 is 0 Å². The summed E-state index contributed by atoms with van der Waals surface area (Å²) in [4.78, 5) is 31.7. The topological polar surface area (TPSA) is 72.7 Å². The van der Waals surface area contributed by atoms with Gasteiger partial charge in [0.1, 0.15) is 5.82 Å². The van der Waals surface area contributed by atoms with Crippen molar-refractivity contribution in [2.45, 2.75) is 40.8 Å². The third-order valence-corrected chi connectivity index (χ3v) is 3.89. The van der Waals surface area contributed by atoms with Crippen LogP contribution in [0.2, 0.25) is 0 Å². The van der Waals surface area contributed by atoms with Gasteiger partial charge in [-0.15, -0.1) is 0 Å². The summed E-state index contributed by atoms with van der Waals surface area (Å²) in [5.74, 6) is 0.734. The van der Waals surface area contributed by atoms with Crippen molar-refractivity contribution in [3.8, 4) is 0 Å². The van der Waals surface area contributed by atoms with Crippen LogP contribution in [0, 0.1) is 12.3 Å². The number of hydrogen-bond acceptors (Lipinski definition) is 3. The highest BCUT2D eigenvalue weighted by Crippen LogP contribution is 2.21. The highest BCUT2D eigenvalue weighted by Gasteiger charge is 2.20. The molecule has 0 spiro atoms. The molecule has 0 radical (unpaired) electrons. The van der Waals surface area contributed by atoms with E-state index in [9.17, 15) is 9.59 Å². The van der Waals surface area contributed by atoms with Crippen molar-refractivity contribution in [1.82, 2.24) is 19.1 Å². The van der Waals surface area contributed by atoms with E-state index in [1.807, 2.05) is 41.8 Å². The van der Waals surface area contributed by atoms with E-state index in [0.29, 0.717) is 24.3 Å². The number of fused-ring (bicyclic) bond motifs is 1. The molecule has 0 aliphatic carbocycles. The first-order valence-electron chi connectivity index (χ1n) is 8.00. The van der Waals surface area contributed by atoms with Crippen LogP contribution < -0.4 is 11.2 Å². The van der Waals surface area contributed by atoms with Gasteiger partial charge in [0.2, 0.25) is 0 Å². The molecule has 1 N–H and O–H groups in total. The van der Waals surface area contributed by atoms with Crippen LogP contribution in [0.15, 0.2) is 39.9 Å². The molecule has 6 nitrogen and oxygen atoms in total. The standard InChI is InChI=1S/C18H22N4O2/c1-12-19-15-14(22(12)11-18(2,3)4)16(23)20-17(24)21(15)10-13-8-6-5-7-9-13/h5-9H,10-11H2,1-4H3,(H,20,23,24). The van der Waals surface area contributed by atoms with Gasteiger partial charge in [-0.1, -0.05) is 51.1 Å². The van der Waals surface area contributed by atoms with Crippen LogP contribution in [0.1, 0.15) is 32.2 Å². The van der Waals surface area contributed by atoms with Gasteiger partial charge in [0.15, 0.2) is 11.2 Å². The molecule has 6 heteroatoms. The Hall–Kier alpha value is -2.63. The molecule has 0 fully saturated rings. The number of imidazole rings is 1. The summed E-state index contributed by atoms with van der Waals surface area (Å²) in [6.07, 6.45) is 0. The van der Waals surface area contributed by atoms with E-state index in [1.54, 1.807) is 0 Å². The molecule has 0 saturated heterocycles. The maximum absolute atomic E-state index is 12.4. The normalized spacial score (nSPS) is 12.0. The molecule has 3 aromatic rings. The van der Waals surface area contributed by atoms with Gasteiger partial charge in [0.25, 0.3) is 5.56 Å². The first-order valence-corrected chi connectivity index (χ1v) is 8.00. The van der Waals surface area contributed by atoms with Gasteiger partial charge >= 0.3 is 5.69 Å². The van der Waals surface area contributed by atoms with Crippen LogP contribution in [-0.2, 0) is 13.1 Å². The van der Waals surface area contributed by atoms with Crippen LogP contribution in [-0.4, -0.2) is 19.1 Å². The maximum atomic E-state index is 12.4. The molecular formula is C18H22N4O2. The smallest absolute Gasteiger partial charge is 0.322 e. The average molecular weight is 326 g/mol. The Bertz CT molecular complexity index is 988. The Morgan fingerprint density at radius 1 is 1.08 bits per heavy atom. The van der Waals surface area contributed by atoms with Gasteiger partial charge in [-0.05, 0) is 17.9 Å². The minimum atomic E-state index is -0.434. The number of rotatable bonds is 3. The van der Waals surface area contributed by atoms with Crippen molar-refractivity contribution in [3.63, 3.8) is 0 Å². The van der Waals surface area contributed by atoms with E-state index in [0.717, 1.165) is 11.4 Å². The summed E-state index contributed by atoms with van der Waals surface area (Å²) >= 11 is 0. The largest absolute Gasteiger partial charge is 0.330 e. The zero-order chi connectivity index (χ0) is 17.5. The van der Waals surface area contributed by atoms with Crippen LogP contribution in [0.5, 0.6) is 0 Å². The van der Waals surface area contributed by atoms with Crippen molar-refractivity contribution in [1.29, 1.82) is 0 Å². The molecule has 0 aliphatic heterocycles. The highest BCUT2D eigenvalue weighted by atomic mass is 16.2. The van der Waals surface area contributed by atoms with Gasteiger partial charge in [-0.2, -0.15) is 0 Å². The van der Waals surface area contributed by atoms with Crippen molar-refractivity contribution in [3.05, 3.63) is 62.6 Å². The molecule has 1 aromatic carbocycles. The number of nitrogens with zero attached hydrogens (tertiary/aromatic N) is 3. The fourth-order valence-corrected chi connectivity index (χ4v) is 2.86. The monoisotopic (exact) mass is 326 g/mol. The second-order valence-corrected chi connectivity index (χ2v) is 7.31. The van der Waals surface area contributed by atoms with Crippen LogP contribution in [0.4, 0.5) is 0 Å². The summed E-state index contributed by atoms with van der Waals surface area (Å²) in [7, 11) is 0. The van der Waals surface area contributed by atoms with E-state index in [-0.39, 0.29) is 11.0 Å². The zero-order valence-electron chi connectivity index (χ0n) is 14.5. The molecular weight excluding hydrogens is 304 g/mol. The van der Waals surface area contributed by atoms with E-state index >= 15 is 0 Å². The second-order valence-electron chi connectivity index (χ2n) is 7.31. The van der Waals surface area contributed by atoms with E-state index in [4.69, 9.17) is 0 Å². The highest BCUT2D eigenvalue weighted by molar-refractivity contribution is 5.71. The minimum absolute atomic E-state index is 0.00870. The Kier molecular flexibility index (Phi) is 3.91. The Balaban J connectivity index is 2.23. The molecule has 2 aromatic heterocycles. The zero-order valence-corrected chi connectivity index (χ0v) is 14.5. The average Bonchev–Trinajstić information content (AvgIpc) is 2.80. The Labute approximate surface area is 139 Å². The van der Waals surface area contributed by atoms with Gasteiger partial charge in [0, 0.05) is 6.54 Å². The lowest BCUT2D eigenvalue weighted by Crippen LogP contribution is -2.32. The number of aromatic amines is 1. The third-order valence-electron chi connectivity index (χ3n) is 3.89. The van der Waals surface area contributed by atoms with Gasteiger partial charge in [0.05, 0.1) is 6.54 Å². The number of aromatic nitrogens is 4. The second kappa shape index (κ2) is 5.78. The summed E-state index contributed by atoms with van der Waals surface area (Å²) in [6, 6.07) is 9.67. The van der Waals surface area contributed by atoms with Gasteiger partial charge in [-0.25, -0.2) is 9.78 Å². The fourth-order valence-electron chi connectivity index (χ4n) is 2.86. The molecule has 3 rings (SSSR count). The third kappa shape index (κ3) is 3.04. The van der Waals surface area contributed by atoms with Crippen molar-refractivity contribution in [2.24, 2.45) is 5.41 Å². The predicted molar refractivity (Wildman–Crippen MR) is 94.3 cm³/mol. The number of benzene rings is 1. The molecule has 126 valence electrons. The summed E-state index contributed by atoms with van der Waals surface area (Å²) in [6.45, 7) is 9.20. The minimum Gasteiger partial charge on any atom is -0.322 e. The Morgan fingerprint density at radius 2 is 1.75 bits per heavy atom. The molecule has 0 saturated carbocycles. The van der Waals surface area contributed by atoms with Crippen LogP contribution >= 0.6 is 0 Å². The molecule has 2 heterocycles. The SMILES string of the molecule is Cc1nc2c(c(=O)[nH]c(=O)n2Cc2ccccc2)n1CC(C)(C)C. The Morgan fingerprint density at radius 3 is 2.38 bits per heavy atom. The van der Waals surface area contributed by atoms with Gasteiger partial charge in [-0.3, -0.25) is 14.3 Å². The first-order chi connectivity index (χ1) is 11.3. The van der Waals surface area contributed by atoms with E-state index in [1.165, 1.54) is 4.57 Å². The summed E-state index contributed by atoms with van der Waals surface area (Å²) < 4.78 is 3.42. The fraction of sp³-hybridized carbons (Fsp3) is 0.389. The summed E-state index contributed by atoms with van der Waals surface area (Å²) in [5, 5.41) is 0. The maximum Gasteiger partial charge on any atom is 0.330 e. The lowest BCUT2D eigenvalue weighted by molar-refractivity contribution is 0.344. The number of nitrogens with one attached hydrogen (secondary N) is 1. The van der Waals surface area contributed by atoms with Crippen LogP contribution in [0.25, 0.3) is 11.2 Å². The quantitative estimate of drug-likeness (QED) is 0.802. The van der Waals surface area contributed by atoms with Crippen molar-refractivity contribution in [2.75, 3.05) is 0 Å². The first kappa shape index (κ1) is 16.2. The van der Waals surface area contributed by atoms with E-state index in [2.05, 4.69) is 30.7 Å². The van der Waals surface area contributed by atoms with Crippen LogP contribution in [0.3, 0.4) is 0 Å². The molecule has 0 atom stereocenters. The lowest BCUT2D eigenvalue weighted by Gasteiger charge is -2.20. The molecule has 0 unspecified atom stereocenters. The lowest BCUT2D eigenvalue weighted by atomic mass is 9.97. The summed E-state index contributed by atoms with van der Waals surface area (Å²) in [5.41, 5.74) is 1.05. The predicted octanol–water partition coefficient (Wildman–Crippen LogP) is 2.29. The van der Waals surface area contributed by atoms with Gasteiger partial charge < -0.3 is 4.57 Å². The van der Waals surface area contributed by atoms with E-state index < -0.39 is 5.69 Å². The number of H-pyrrole nitrogens is 1. The number of aryl methyl sites for hydroxylation is 1.